The van der Waals surface area contributed by atoms with Crippen molar-refractivity contribution < 1.29 is 14.3 Å². The van der Waals surface area contributed by atoms with E-state index >= 15 is 0 Å². The zero-order chi connectivity index (χ0) is 16.7. The number of hydrogen-bond donors (Lipinski definition) is 0. The quantitative estimate of drug-likeness (QED) is 0.459. The lowest BCUT2D eigenvalue weighted by atomic mass is 10.0. The van der Waals surface area contributed by atoms with E-state index in [-0.39, 0.29) is 5.78 Å². The number of ether oxygens (including phenoxy) is 2. The number of benzene rings is 2. The molecule has 0 N–H and O–H groups in total. The monoisotopic (exact) mass is 314 g/mol. The lowest BCUT2D eigenvalue weighted by Crippen LogP contribution is -2.03. The van der Waals surface area contributed by atoms with Gasteiger partial charge in [0, 0.05) is 0 Å². The van der Waals surface area contributed by atoms with Crippen LogP contribution in [-0.4, -0.2) is 19.0 Å². The maximum atomic E-state index is 11.9. The molecular formula is C20H26O3. The third-order valence-corrected chi connectivity index (χ3v) is 3.81. The van der Waals surface area contributed by atoms with Crippen LogP contribution in [0, 0.1) is 0 Å². The Labute approximate surface area is 138 Å². The molecule has 0 aliphatic carbocycles. The second-order valence-electron chi connectivity index (χ2n) is 5.82. The van der Waals surface area contributed by atoms with E-state index in [0.29, 0.717) is 17.9 Å². The number of ketones is 1. The van der Waals surface area contributed by atoms with Crippen molar-refractivity contribution in [1.82, 2.24) is 0 Å². The van der Waals surface area contributed by atoms with E-state index in [4.69, 9.17) is 9.47 Å². The van der Waals surface area contributed by atoms with Gasteiger partial charge in [-0.15, -0.1) is 0 Å². The molecule has 23 heavy (non-hydrogen) atoms. The molecule has 0 spiro atoms. The Morgan fingerprint density at radius 3 is 2.26 bits per heavy atom. The highest BCUT2D eigenvalue weighted by molar-refractivity contribution is 6.01. The van der Waals surface area contributed by atoms with Crippen molar-refractivity contribution in [2.24, 2.45) is 0 Å². The fourth-order valence-electron chi connectivity index (χ4n) is 2.40. The second-order valence-corrected chi connectivity index (χ2v) is 5.82. The SMILES string of the molecule is CCCCOc1ccc2cc(OCCCC)c(C(C)=O)cc2c1. The van der Waals surface area contributed by atoms with Gasteiger partial charge in [-0.05, 0) is 54.8 Å². The molecule has 2 rings (SSSR count). The van der Waals surface area contributed by atoms with Crippen LogP contribution >= 0.6 is 0 Å². The van der Waals surface area contributed by atoms with Gasteiger partial charge in [-0.25, -0.2) is 0 Å². The van der Waals surface area contributed by atoms with Crippen molar-refractivity contribution in [2.75, 3.05) is 13.2 Å². The van der Waals surface area contributed by atoms with Crippen LogP contribution in [0.3, 0.4) is 0 Å². The molecule has 0 saturated heterocycles. The van der Waals surface area contributed by atoms with E-state index < -0.39 is 0 Å². The van der Waals surface area contributed by atoms with Gasteiger partial charge in [0.15, 0.2) is 5.78 Å². The number of unbranched alkanes of at least 4 members (excludes halogenated alkanes) is 2. The predicted molar refractivity (Wildman–Crippen MR) is 94.8 cm³/mol. The average molecular weight is 314 g/mol. The summed E-state index contributed by atoms with van der Waals surface area (Å²) < 4.78 is 11.6. The normalized spacial score (nSPS) is 10.7. The van der Waals surface area contributed by atoms with Gasteiger partial charge in [-0.2, -0.15) is 0 Å². The van der Waals surface area contributed by atoms with Crippen molar-refractivity contribution >= 4 is 16.6 Å². The second kappa shape index (κ2) is 8.56. The Kier molecular flexibility index (Phi) is 6.45. The Morgan fingerprint density at radius 1 is 0.913 bits per heavy atom. The van der Waals surface area contributed by atoms with Gasteiger partial charge in [-0.1, -0.05) is 32.8 Å². The summed E-state index contributed by atoms with van der Waals surface area (Å²) >= 11 is 0. The van der Waals surface area contributed by atoms with Crippen LogP contribution in [0.4, 0.5) is 0 Å². The van der Waals surface area contributed by atoms with Crippen LogP contribution < -0.4 is 9.47 Å². The van der Waals surface area contributed by atoms with Gasteiger partial charge in [0.1, 0.15) is 11.5 Å². The zero-order valence-electron chi connectivity index (χ0n) is 14.4. The molecule has 0 amide bonds. The minimum Gasteiger partial charge on any atom is -0.494 e. The minimum atomic E-state index is 0.0238. The molecular weight excluding hydrogens is 288 g/mol. The predicted octanol–water partition coefficient (Wildman–Crippen LogP) is 5.40. The first-order chi connectivity index (χ1) is 11.2. The maximum Gasteiger partial charge on any atom is 0.163 e. The number of carbonyl (C=O) groups excluding carboxylic acids is 1. The number of rotatable bonds is 9. The van der Waals surface area contributed by atoms with Crippen molar-refractivity contribution in [2.45, 2.75) is 46.5 Å². The van der Waals surface area contributed by atoms with Crippen molar-refractivity contribution in [3.05, 3.63) is 35.9 Å². The molecule has 0 aliphatic rings. The van der Waals surface area contributed by atoms with E-state index in [1.807, 2.05) is 30.3 Å². The van der Waals surface area contributed by atoms with E-state index in [0.717, 1.165) is 48.8 Å². The lowest BCUT2D eigenvalue weighted by Gasteiger charge is -2.12. The molecule has 3 nitrogen and oxygen atoms in total. The number of carbonyl (C=O) groups is 1. The van der Waals surface area contributed by atoms with Crippen LogP contribution in [0.2, 0.25) is 0 Å². The first-order valence-corrected chi connectivity index (χ1v) is 8.50. The highest BCUT2D eigenvalue weighted by Gasteiger charge is 2.11. The largest absolute Gasteiger partial charge is 0.494 e. The summed E-state index contributed by atoms with van der Waals surface area (Å²) in [6.45, 7) is 7.20. The molecule has 0 aliphatic heterocycles. The molecule has 0 bridgehead atoms. The summed E-state index contributed by atoms with van der Waals surface area (Å²) in [5.41, 5.74) is 0.638. The summed E-state index contributed by atoms with van der Waals surface area (Å²) in [6.07, 6.45) is 4.21. The Balaban J connectivity index is 2.29. The Hall–Kier alpha value is -2.03. The van der Waals surface area contributed by atoms with Gasteiger partial charge in [0.2, 0.25) is 0 Å². The van der Waals surface area contributed by atoms with Gasteiger partial charge in [0.05, 0.1) is 18.8 Å². The van der Waals surface area contributed by atoms with Crippen LogP contribution in [0.5, 0.6) is 11.5 Å². The highest BCUT2D eigenvalue weighted by atomic mass is 16.5. The summed E-state index contributed by atoms with van der Waals surface area (Å²) in [4.78, 5) is 11.9. The van der Waals surface area contributed by atoms with E-state index in [2.05, 4.69) is 13.8 Å². The highest BCUT2D eigenvalue weighted by Crippen LogP contribution is 2.29. The number of Topliss-reactive ketones (excluding diaryl/α,β-unsaturated/α-hetero) is 1. The third-order valence-electron chi connectivity index (χ3n) is 3.81. The lowest BCUT2D eigenvalue weighted by molar-refractivity contribution is 0.101. The van der Waals surface area contributed by atoms with Crippen LogP contribution in [-0.2, 0) is 0 Å². The molecule has 124 valence electrons. The molecule has 0 radical (unpaired) electrons. The molecule has 0 unspecified atom stereocenters. The molecule has 0 aromatic heterocycles. The molecule has 2 aromatic rings. The molecule has 2 aromatic carbocycles. The van der Waals surface area contributed by atoms with E-state index in [1.54, 1.807) is 6.92 Å². The van der Waals surface area contributed by atoms with E-state index in [1.165, 1.54) is 0 Å². The third kappa shape index (κ3) is 4.72. The summed E-state index contributed by atoms with van der Waals surface area (Å²) in [5.74, 6) is 1.55. The molecule has 0 saturated carbocycles. The Bertz CT molecular complexity index is 661. The van der Waals surface area contributed by atoms with Crippen LogP contribution in [0.15, 0.2) is 30.3 Å². The van der Waals surface area contributed by atoms with Gasteiger partial charge >= 0.3 is 0 Å². The minimum absolute atomic E-state index is 0.0238. The van der Waals surface area contributed by atoms with Gasteiger partial charge in [-0.3, -0.25) is 4.79 Å². The first kappa shape index (κ1) is 17.3. The van der Waals surface area contributed by atoms with Gasteiger partial charge in [0.25, 0.3) is 0 Å². The standard InChI is InChI=1S/C20H26O3/c1-4-6-10-22-18-9-8-16-14-20(23-11-7-5-2)19(15(3)21)13-17(16)12-18/h8-9,12-14H,4-7,10-11H2,1-3H3. The smallest absolute Gasteiger partial charge is 0.163 e. The average Bonchev–Trinajstić information content (AvgIpc) is 2.54. The summed E-state index contributed by atoms with van der Waals surface area (Å²) in [6, 6.07) is 9.85. The van der Waals surface area contributed by atoms with Gasteiger partial charge < -0.3 is 9.47 Å². The summed E-state index contributed by atoms with van der Waals surface area (Å²) in [7, 11) is 0. The Morgan fingerprint density at radius 2 is 1.61 bits per heavy atom. The summed E-state index contributed by atoms with van der Waals surface area (Å²) in [5, 5.41) is 2.07. The van der Waals surface area contributed by atoms with Crippen molar-refractivity contribution in [1.29, 1.82) is 0 Å². The number of fused-ring (bicyclic) bond motifs is 1. The molecule has 0 heterocycles. The molecule has 0 atom stereocenters. The van der Waals surface area contributed by atoms with E-state index in [9.17, 15) is 4.79 Å². The number of hydrogen-bond acceptors (Lipinski definition) is 3. The van der Waals surface area contributed by atoms with Crippen LogP contribution in [0.1, 0.15) is 56.8 Å². The maximum absolute atomic E-state index is 11.9. The fraction of sp³-hybridized carbons (Fsp3) is 0.450. The zero-order valence-corrected chi connectivity index (χ0v) is 14.4. The molecule has 0 fully saturated rings. The topological polar surface area (TPSA) is 35.5 Å². The fourth-order valence-corrected chi connectivity index (χ4v) is 2.40. The van der Waals surface area contributed by atoms with Crippen LogP contribution in [0.25, 0.3) is 10.8 Å². The van der Waals surface area contributed by atoms with Crippen molar-refractivity contribution in [3.63, 3.8) is 0 Å². The van der Waals surface area contributed by atoms with Crippen molar-refractivity contribution in [3.8, 4) is 11.5 Å². The first-order valence-electron chi connectivity index (χ1n) is 8.50. The molecule has 3 heteroatoms.